The highest BCUT2D eigenvalue weighted by Gasteiger charge is 2.54. The third kappa shape index (κ3) is 5.12. The van der Waals surface area contributed by atoms with E-state index in [1.54, 1.807) is 6.92 Å². The van der Waals surface area contributed by atoms with Gasteiger partial charge in [0.15, 0.2) is 18.5 Å². The largest absolute Gasteiger partial charge is 0.450 e. The van der Waals surface area contributed by atoms with Gasteiger partial charge in [-0.05, 0) is 0 Å². The zero-order valence-corrected chi connectivity index (χ0v) is 19.2. The van der Waals surface area contributed by atoms with Crippen molar-refractivity contribution in [1.82, 2.24) is 0 Å². The van der Waals surface area contributed by atoms with Gasteiger partial charge in [-0.3, -0.25) is 0 Å². The summed E-state index contributed by atoms with van der Waals surface area (Å²) in [6.45, 7) is -0.532. The molecule has 4 rings (SSSR count). The van der Waals surface area contributed by atoms with Crippen molar-refractivity contribution in [3.8, 4) is 0 Å². The summed E-state index contributed by atoms with van der Waals surface area (Å²) < 4.78 is 33.0. The van der Waals surface area contributed by atoms with Crippen LogP contribution in [0.2, 0.25) is 0 Å². The molecule has 3 fully saturated rings. The van der Waals surface area contributed by atoms with Gasteiger partial charge in [-0.2, -0.15) is 0 Å². The molecule has 16 heteroatoms. The van der Waals surface area contributed by atoms with Gasteiger partial charge < -0.3 is 74.4 Å². The van der Waals surface area contributed by atoms with E-state index in [9.17, 15) is 46.0 Å². The molecular formula is C20H33NO15. The molecule has 4 heterocycles. The van der Waals surface area contributed by atoms with Crippen molar-refractivity contribution in [3.05, 3.63) is 0 Å². The van der Waals surface area contributed by atoms with Gasteiger partial charge in [-0.15, -0.1) is 0 Å². The number of aliphatic hydroxyl groups excluding tert-OH is 9. The topological polar surface area (TPSA) is 250 Å². The van der Waals surface area contributed by atoms with Gasteiger partial charge in [0.2, 0.25) is 6.29 Å². The molecule has 16 nitrogen and oxygen atoms in total. The van der Waals surface area contributed by atoms with E-state index < -0.39 is 112 Å². The molecule has 0 aliphatic carbocycles. The summed E-state index contributed by atoms with van der Waals surface area (Å²) in [5.74, 6) is 0.256. The van der Waals surface area contributed by atoms with Crippen LogP contribution in [0, 0.1) is 0 Å². The van der Waals surface area contributed by atoms with E-state index in [1.165, 1.54) is 0 Å². The Kier molecular flexibility index (Phi) is 8.80. The molecule has 0 aromatic heterocycles. The highest BCUT2D eigenvalue weighted by molar-refractivity contribution is 5.75. The van der Waals surface area contributed by atoms with Crippen LogP contribution in [-0.2, 0) is 28.4 Å². The molecule has 208 valence electrons. The standard InChI is InChI=1S/C20H33NO15/c1-5-21-9-12(27)16(8(4-24)34-18(9)31-5)35-20-15(30)17(11(26)7(3-23)33-20)36-19-14(29)13(28)10(25)6(2-22)32-19/h6-20,22-30H,2-4H2,1H3/t6-,7-,8-,9-,10-,11-,12-,13+,14+,15+,16-,17+,18+,19+,20+/m1/s1. The van der Waals surface area contributed by atoms with Crippen molar-refractivity contribution in [2.24, 2.45) is 4.99 Å². The molecule has 3 saturated heterocycles. The molecule has 4 aliphatic heterocycles. The Hall–Kier alpha value is -1.09. The number of nitrogens with zero attached hydrogens (tertiary/aromatic N) is 1. The smallest absolute Gasteiger partial charge is 0.227 e. The van der Waals surface area contributed by atoms with Gasteiger partial charge in [0, 0.05) is 6.92 Å². The molecule has 0 bridgehead atoms. The maximum absolute atomic E-state index is 10.9. The van der Waals surface area contributed by atoms with Crippen molar-refractivity contribution >= 4 is 5.90 Å². The fourth-order valence-electron chi connectivity index (χ4n) is 4.68. The molecule has 0 saturated carbocycles. The van der Waals surface area contributed by atoms with Crippen LogP contribution in [0.4, 0.5) is 0 Å². The normalized spacial score (nSPS) is 51.4. The zero-order valence-electron chi connectivity index (χ0n) is 19.2. The Balaban J connectivity index is 1.51. The van der Waals surface area contributed by atoms with Gasteiger partial charge in [0.05, 0.1) is 19.8 Å². The maximum atomic E-state index is 10.9. The molecule has 0 aromatic rings. The monoisotopic (exact) mass is 527 g/mol. The predicted molar refractivity (Wildman–Crippen MR) is 111 cm³/mol. The van der Waals surface area contributed by atoms with E-state index in [4.69, 9.17) is 28.4 Å². The summed E-state index contributed by atoms with van der Waals surface area (Å²) in [7, 11) is 0. The van der Waals surface area contributed by atoms with Crippen molar-refractivity contribution < 1.29 is 74.4 Å². The summed E-state index contributed by atoms with van der Waals surface area (Å²) in [5, 5.41) is 91.4. The average molecular weight is 527 g/mol. The van der Waals surface area contributed by atoms with Crippen LogP contribution >= 0.6 is 0 Å². The van der Waals surface area contributed by atoms with Crippen LogP contribution in [0.15, 0.2) is 4.99 Å². The summed E-state index contributed by atoms with van der Waals surface area (Å²) in [6, 6.07) is -0.890. The number of ether oxygens (including phenoxy) is 6. The second-order valence-electron chi connectivity index (χ2n) is 9.08. The third-order valence-corrected chi connectivity index (χ3v) is 6.69. The van der Waals surface area contributed by atoms with Gasteiger partial charge in [0.25, 0.3) is 0 Å². The van der Waals surface area contributed by atoms with Gasteiger partial charge >= 0.3 is 0 Å². The lowest BCUT2D eigenvalue weighted by molar-refractivity contribution is -0.373. The molecule has 9 N–H and O–H groups in total. The Bertz CT molecular complexity index is 771. The maximum Gasteiger partial charge on any atom is 0.227 e. The van der Waals surface area contributed by atoms with Crippen LogP contribution in [0.1, 0.15) is 6.92 Å². The van der Waals surface area contributed by atoms with Crippen LogP contribution in [0.25, 0.3) is 0 Å². The summed E-state index contributed by atoms with van der Waals surface area (Å²) in [5.41, 5.74) is 0. The van der Waals surface area contributed by atoms with Crippen LogP contribution < -0.4 is 0 Å². The second kappa shape index (κ2) is 11.3. The fourth-order valence-corrected chi connectivity index (χ4v) is 4.68. The van der Waals surface area contributed by atoms with Crippen LogP contribution in [0.3, 0.4) is 0 Å². The lowest BCUT2D eigenvalue weighted by Crippen LogP contribution is -2.66. The number of aliphatic hydroxyl groups is 9. The number of aliphatic imine (C=N–C) groups is 1. The number of fused-ring (bicyclic) bond motifs is 1. The van der Waals surface area contributed by atoms with E-state index in [2.05, 4.69) is 4.99 Å². The van der Waals surface area contributed by atoms with E-state index in [1.807, 2.05) is 0 Å². The molecule has 0 spiro atoms. The number of hydrogen-bond donors (Lipinski definition) is 9. The Morgan fingerprint density at radius 3 is 1.81 bits per heavy atom. The molecule has 36 heavy (non-hydrogen) atoms. The van der Waals surface area contributed by atoms with Gasteiger partial charge in [-0.1, -0.05) is 0 Å². The average Bonchev–Trinajstić information content (AvgIpc) is 3.24. The van der Waals surface area contributed by atoms with Crippen LogP contribution in [-0.4, -0.2) is 164 Å². The molecule has 15 atom stereocenters. The first-order valence-electron chi connectivity index (χ1n) is 11.5. The quantitative estimate of drug-likeness (QED) is 0.149. The third-order valence-electron chi connectivity index (χ3n) is 6.69. The van der Waals surface area contributed by atoms with E-state index in [0.29, 0.717) is 0 Å². The molecule has 0 amide bonds. The summed E-state index contributed by atoms with van der Waals surface area (Å²) >= 11 is 0. The minimum atomic E-state index is -1.83. The van der Waals surface area contributed by atoms with E-state index in [0.717, 1.165) is 0 Å². The minimum Gasteiger partial charge on any atom is -0.450 e. The second-order valence-corrected chi connectivity index (χ2v) is 9.08. The lowest BCUT2D eigenvalue weighted by atomic mass is 9.95. The minimum absolute atomic E-state index is 0.256. The summed E-state index contributed by atoms with van der Waals surface area (Å²) in [6.07, 6.45) is -21.2. The molecule has 0 unspecified atom stereocenters. The van der Waals surface area contributed by atoms with Crippen molar-refractivity contribution in [2.75, 3.05) is 19.8 Å². The van der Waals surface area contributed by atoms with Crippen molar-refractivity contribution in [2.45, 2.75) is 99.0 Å². The van der Waals surface area contributed by atoms with E-state index in [-0.39, 0.29) is 5.90 Å². The number of rotatable bonds is 7. The fraction of sp³-hybridized carbons (Fsp3) is 0.950. The van der Waals surface area contributed by atoms with Gasteiger partial charge in [0.1, 0.15) is 73.2 Å². The SMILES string of the molecule is CC1=N[C@H]2[C@@H](O1)O[C@H](CO)[C@@H](O[C@@H]1O[C@H](CO)[C@@H](O)[C@H](O[C@@H]3O[C@H](CO)[C@@H](O)[C@H](O)[C@@H]3O)[C@@H]1O)[C@@H]2O. The first kappa shape index (κ1) is 27.9. The molecule has 0 radical (unpaired) electrons. The Morgan fingerprint density at radius 2 is 1.19 bits per heavy atom. The Morgan fingerprint density at radius 1 is 0.639 bits per heavy atom. The van der Waals surface area contributed by atoms with E-state index >= 15 is 0 Å². The first-order valence-corrected chi connectivity index (χ1v) is 11.5. The zero-order chi connectivity index (χ0) is 26.3. The highest BCUT2D eigenvalue weighted by atomic mass is 16.8. The first-order chi connectivity index (χ1) is 17.1. The van der Waals surface area contributed by atoms with Crippen molar-refractivity contribution in [1.29, 1.82) is 0 Å². The van der Waals surface area contributed by atoms with Crippen molar-refractivity contribution in [3.63, 3.8) is 0 Å². The van der Waals surface area contributed by atoms with Gasteiger partial charge in [-0.25, -0.2) is 4.99 Å². The molecule has 0 aromatic carbocycles. The molecule has 4 aliphatic rings. The molecular weight excluding hydrogens is 494 g/mol. The highest BCUT2D eigenvalue weighted by Crippen LogP contribution is 2.34. The predicted octanol–water partition coefficient (Wildman–Crippen LogP) is -6.11. The Labute approximate surface area is 204 Å². The lowest BCUT2D eigenvalue weighted by Gasteiger charge is -2.47. The van der Waals surface area contributed by atoms with Crippen LogP contribution in [0.5, 0.6) is 0 Å². The summed E-state index contributed by atoms with van der Waals surface area (Å²) in [4.78, 5) is 4.14. The number of hydrogen-bond acceptors (Lipinski definition) is 16.